The molecule has 1 rings (SSSR count). The predicted octanol–water partition coefficient (Wildman–Crippen LogP) is 3.42. The van der Waals surface area contributed by atoms with Crippen molar-refractivity contribution >= 4 is 20.7 Å². The summed E-state index contributed by atoms with van der Waals surface area (Å²) in [7, 11) is -2.18. The molecule has 0 aliphatic heterocycles. The van der Waals surface area contributed by atoms with Gasteiger partial charge >= 0.3 is 0 Å². The SMILES string of the molecule is CC(C)(Cc1cccc(/C=C/C=O)c1)[Si](C)(C)O. The molecule has 0 spiro atoms. The largest absolute Gasteiger partial charge is 0.432 e. The Balaban J connectivity index is 2.92. The van der Waals surface area contributed by atoms with Crippen molar-refractivity contribution in [1.29, 1.82) is 0 Å². The summed E-state index contributed by atoms with van der Waals surface area (Å²) in [4.78, 5) is 20.6. The third kappa shape index (κ3) is 3.93. The Bertz CT molecular complexity index is 442. The van der Waals surface area contributed by atoms with E-state index in [1.165, 1.54) is 11.6 Å². The number of benzene rings is 1. The molecule has 0 fully saturated rings. The Morgan fingerprint density at radius 3 is 2.56 bits per heavy atom. The van der Waals surface area contributed by atoms with Crippen LogP contribution in [-0.4, -0.2) is 19.4 Å². The Morgan fingerprint density at radius 1 is 1.33 bits per heavy atom. The molecular formula is C15H22O2Si. The monoisotopic (exact) mass is 262 g/mol. The molecule has 1 N–H and O–H groups in total. The normalized spacial score (nSPS) is 12.9. The van der Waals surface area contributed by atoms with Crippen LogP contribution in [0.25, 0.3) is 6.08 Å². The van der Waals surface area contributed by atoms with Crippen molar-refractivity contribution in [1.82, 2.24) is 0 Å². The van der Waals surface area contributed by atoms with Gasteiger partial charge in [-0.25, -0.2) is 0 Å². The molecule has 0 saturated heterocycles. The number of carbonyl (C=O) groups is 1. The van der Waals surface area contributed by atoms with Crippen LogP contribution in [0.2, 0.25) is 18.1 Å². The summed E-state index contributed by atoms with van der Waals surface area (Å²) in [6.45, 7) is 8.19. The highest BCUT2D eigenvalue weighted by molar-refractivity contribution is 6.72. The summed E-state index contributed by atoms with van der Waals surface area (Å²) in [5, 5.41) is -0.0694. The van der Waals surface area contributed by atoms with Crippen molar-refractivity contribution < 1.29 is 9.59 Å². The van der Waals surface area contributed by atoms with Gasteiger partial charge in [-0.2, -0.15) is 0 Å². The molecule has 0 atom stereocenters. The van der Waals surface area contributed by atoms with E-state index in [1.807, 2.05) is 25.2 Å². The molecule has 0 radical (unpaired) electrons. The lowest BCUT2D eigenvalue weighted by molar-refractivity contribution is -0.104. The minimum absolute atomic E-state index is 0.0694. The lowest BCUT2D eigenvalue weighted by atomic mass is 10.00. The van der Waals surface area contributed by atoms with Crippen molar-refractivity contribution in [3.8, 4) is 0 Å². The topological polar surface area (TPSA) is 37.3 Å². The first-order chi connectivity index (χ1) is 8.26. The van der Waals surface area contributed by atoms with Crippen molar-refractivity contribution in [2.45, 2.75) is 38.4 Å². The molecule has 2 nitrogen and oxygen atoms in total. The summed E-state index contributed by atoms with van der Waals surface area (Å²) < 4.78 is 0. The molecule has 1 aromatic rings. The van der Waals surface area contributed by atoms with Crippen molar-refractivity contribution in [3.63, 3.8) is 0 Å². The Hall–Kier alpha value is -1.19. The van der Waals surface area contributed by atoms with Crippen LogP contribution >= 0.6 is 0 Å². The highest BCUT2D eigenvalue weighted by atomic mass is 28.4. The average Bonchev–Trinajstić information content (AvgIpc) is 2.24. The van der Waals surface area contributed by atoms with Gasteiger partial charge in [0.15, 0.2) is 8.32 Å². The number of aldehydes is 1. The van der Waals surface area contributed by atoms with Crippen LogP contribution in [0.3, 0.4) is 0 Å². The third-order valence-electron chi connectivity index (χ3n) is 3.62. The van der Waals surface area contributed by atoms with E-state index in [2.05, 4.69) is 26.0 Å². The average molecular weight is 262 g/mol. The summed E-state index contributed by atoms with van der Waals surface area (Å²) in [5.74, 6) is 0. The standard InChI is InChI=1S/C15H22O2Si/c1-15(2,18(3,4)17)12-14-8-5-7-13(11-14)9-6-10-16/h5-11,17H,12H2,1-4H3/b9-6+. The molecule has 1 aromatic carbocycles. The zero-order chi connectivity index (χ0) is 13.8. The fourth-order valence-corrected chi connectivity index (χ4v) is 2.32. The molecule has 0 aliphatic rings. The zero-order valence-corrected chi connectivity index (χ0v) is 12.6. The van der Waals surface area contributed by atoms with Crippen molar-refractivity contribution in [3.05, 3.63) is 41.5 Å². The quantitative estimate of drug-likeness (QED) is 0.501. The van der Waals surface area contributed by atoms with E-state index in [4.69, 9.17) is 0 Å². The minimum atomic E-state index is -2.18. The van der Waals surface area contributed by atoms with E-state index in [1.54, 1.807) is 6.08 Å². The fraction of sp³-hybridized carbons (Fsp3) is 0.400. The Labute approximate surface area is 110 Å². The molecule has 3 heteroatoms. The van der Waals surface area contributed by atoms with Crippen LogP contribution in [0.5, 0.6) is 0 Å². The van der Waals surface area contributed by atoms with Gasteiger partial charge in [-0.1, -0.05) is 44.2 Å². The Morgan fingerprint density at radius 2 is 2.00 bits per heavy atom. The van der Waals surface area contributed by atoms with Crippen molar-refractivity contribution in [2.24, 2.45) is 0 Å². The first-order valence-electron chi connectivity index (χ1n) is 6.19. The first-order valence-corrected chi connectivity index (χ1v) is 9.14. The highest BCUT2D eigenvalue weighted by Gasteiger charge is 2.37. The van der Waals surface area contributed by atoms with E-state index in [-0.39, 0.29) is 5.04 Å². The minimum Gasteiger partial charge on any atom is -0.432 e. The van der Waals surface area contributed by atoms with Gasteiger partial charge in [0.05, 0.1) is 0 Å². The second kappa shape index (κ2) is 5.63. The molecule has 0 heterocycles. The Kier molecular flexibility index (Phi) is 4.65. The summed E-state index contributed by atoms with van der Waals surface area (Å²) in [6, 6.07) is 8.10. The van der Waals surface area contributed by atoms with E-state index >= 15 is 0 Å². The van der Waals surface area contributed by atoms with Crippen LogP contribution in [0.1, 0.15) is 25.0 Å². The number of carbonyl (C=O) groups excluding carboxylic acids is 1. The van der Waals surface area contributed by atoms with Gasteiger partial charge in [-0.05, 0) is 41.8 Å². The molecule has 0 aromatic heterocycles. The number of hydrogen-bond donors (Lipinski definition) is 1. The summed E-state index contributed by atoms with van der Waals surface area (Å²) in [6.07, 6.45) is 4.92. The fourth-order valence-electron chi connectivity index (χ4n) is 1.68. The van der Waals surface area contributed by atoms with E-state index in [0.717, 1.165) is 18.3 Å². The second-order valence-corrected chi connectivity index (χ2v) is 10.3. The number of rotatable bonds is 5. The molecule has 18 heavy (non-hydrogen) atoms. The van der Waals surface area contributed by atoms with Gasteiger partial charge in [0.25, 0.3) is 0 Å². The van der Waals surface area contributed by atoms with Gasteiger partial charge in [-0.3, -0.25) is 4.79 Å². The van der Waals surface area contributed by atoms with Gasteiger partial charge in [0, 0.05) is 0 Å². The van der Waals surface area contributed by atoms with E-state index in [9.17, 15) is 9.59 Å². The van der Waals surface area contributed by atoms with Gasteiger partial charge < -0.3 is 4.80 Å². The lowest BCUT2D eigenvalue weighted by Gasteiger charge is -2.35. The van der Waals surface area contributed by atoms with Gasteiger partial charge in [-0.15, -0.1) is 0 Å². The maximum Gasteiger partial charge on any atom is 0.188 e. The second-order valence-electron chi connectivity index (χ2n) is 5.86. The van der Waals surface area contributed by atoms with E-state index < -0.39 is 8.32 Å². The summed E-state index contributed by atoms with van der Waals surface area (Å²) >= 11 is 0. The third-order valence-corrected chi connectivity index (χ3v) is 7.11. The first kappa shape index (κ1) is 14.9. The molecule has 98 valence electrons. The number of allylic oxidation sites excluding steroid dienone is 1. The predicted molar refractivity (Wildman–Crippen MR) is 79.0 cm³/mol. The van der Waals surface area contributed by atoms with Crippen LogP contribution in [-0.2, 0) is 11.2 Å². The van der Waals surface area contributed by atoms with Crippen molar-refractivity contribution in [2.75, 3.05) is 0 Å². The molecule has 0 amide bonds. The lowest BCUT2D eigenvalue weighted by Crippen LogP contribution is -2.40. The van der Waals surface area contributed by atoms with Crippen LogP contribution < -0.4 is 0 Å². The smallest absolute Gasteiger partial charge is 0.188 e. The molecule has 0 aliphatic carbocycles. The molecule has 0 unspecified atom stereocenters. The number of hydrogen-bond acceptors (Lipinski definition) is 2. The van der Waals surface area contributed by atoms with Gasteiger partial charge in [0.2, 0.25) is 0 Å². The summed E-state index contributed by atoms with van der Waals surface area (Å²) in [5.41, 5.74) is 2.22. The van der Waals surface area contributed by atoms with E-state index in [0.29, 0.717) is 0 Å². The van der Waals surface area contributed by atoms with Crippen LogP contribution in [0.4, 0.5) is 0 Å². The molecular weight excluding hydrogens is 240 g/mol. The molecule has 0 bridgehead atoms. The van der Waals surface area contributed by atoms with Crippen LogP contribution in [0.15, 0.2) is 30.3 Å². The maximum absolute atomic E-state index is 10.3. The maximum atomic E-state index is 10.3. The van der Waals surface area contributed by atoms with Gasteiger partial charge in [0.1, 0.15) is 6.29 Å². The van der Waals surface area contributed by atoms with Crippen LogP contribution in [0, 0.1) is 0 Å². The molecule has 0 saturated carbocycles. The highest BCUT2D eigenvalue weighted by Crippen LogP contribution is 2.38. The zero-order valence-electron chi connectivity index (χ0n) is 11.6.